The first-order valence-electron chi connectivity index (χ1n) is 7.24. The Morgan fingerprint density at radius 1 is 1.09 bits per heavy atom. The summed E-state index contributed by atoms with van der Waals surface area (Å²) in [5, 5.41) is 3.87. The van der Waals surface area contributed by atoms with E-state index in [1.807, 2.05) is 42.5 Å². The van der Waals surface area contributed by atoms with Gasteiger partial charge in [-0.25, -0.2) is 0 Å². The number of aromatic nitrogens is 1. The third kappa shape index (κ3) is 3.87. The molecular weight excluding hydrogens is 356 g/mol. The van der Waals surface area contributed by atoms with E-state index in [0.717, 1.165) is 21.1 Å². The van der Waals surface area contributed by atoms with Gasteiger partial charge in [-0.15, -0.1) is 0 Å². The van der Waals surface area contributed by atoms with Gasteiger partial charge in [0, 0.05) is 21.6 Å². The van der Waals surface area contributed by atoms with Gasteiger partial charge in [0.05, 0.1) is 6.54 Å². The van der Waals surface area contributed by atoms with Gasteiger partial charge in [0.1, 0.15) is 17.9 Å². The number of hydrogen-bond acceptors (Lipinski definition) is 3. The fourth-order valence-corrected chi connectivity index (χ4v) is 2.49. The highest BCUT2D eigenvalue weighted by Crippen LogP contribution is 2.22. The fourth-order valence-electron chi connectivity index (χ4n) is 2.22. The molecule has 0 saturated heterocycles. The molecule has 0 radical (unpaired) electrons. The minimum atomic E-state index is -0.114. The van der Waals surface area contributed by atoms with Gasteiger partial charge in [0.25, 0.3) is 5.91 Å². The summed E-state index contributed by atoms with van der Waals surface area (Å²) in [5.41, 5.74) is 1.45. The maximum atomic E-state index is 12.0. The lowest BCUT2D eigenvalue weighted by Gasteiger charge is -2.09. The van der Waals surface area contributed by atoms with E-state index in [2.05, 4.69) is 26.2 Å². The van der Waals surface area contributed by atoms with Gasteiger partial charge in [-0.3, -0.25) is 9.78 Å². The molecule has 3 rings (SSSR count). The van der Waals surface area contributed by atoms with Gasteiger partial charge in [-0.1, -0.05) is 34.1 Å². The van der Waals surface area contributed by atoms with Crippen LogP contribution >= 0.6 is 15.9 Å². The molecule has 116 valence electrons. The van der Waals surface area contributed by atoms with Crippen molar-refractivity contribution in [2.24, 2.45) is 0 Å². The van der Waals surface area contributed by atoms with Crippen molar-refractivity contribution >= 4 is 32.7 Å². The van der Waals surface area contributed by atoms with Crippen LogP contribution in [0.4, 0.5) is 0 Å². The first-order valence-corrected chi connectivity index (χ1v) is 8.03. The van der Waals surface area contributed by atoms with Crippen molar-refractivity contribution in [3.63, 3.8) is 0 Å². The second-order valence-corrected chi connectivity index (χ2v) is 5.86. The lowest BCUT2D eigenvalue weighted by Crippen LogP contribution is -2.28. The van der Waals surface area contributed by atoms with Crippen LogP contribution in [0.2, 0.25) is 0 Å². The summed E-state index contributed by atoms with van der Waals surface area (Å²) in [7, 11) is 0. The Labute approximate surface area is 142 Å². The molecular formula is C18H15BrN2O2. The van der Waals surface area contributed by atoms with Crippen molar-refractivity contribution in [1.29, 1.82) is 0 Å². The van der Waals surface area contributed by atoms with Crippen LogP contribution in [0.5, 0.6) is 5.75 Å². The minimum absolute atomic E-state index is 0.114. The van der Waals surface area contributed by atoms with Gasteiger partial charge >= 0.3 is 0 Å². The highest BCUT2D eigenvalue weighted by atomic mass is 79.9. The third-order valence-corrected chi connectivity index (χ3v) is 3.88. The zero-order valence-corrected chi connectivity index (χ0v) is 13.9. The SMILES string of the molecule is O=C(NCCOc1cccc2cccnc12)c1ccc(Br)cc1. The molecule has 0 bridgehead atoms. The number of ether oxygens (including phenoxy) is 1. The van der Waals surface area contributed by atoms with E-state index in [1.54, 1.807) is 18.3 Å². The maximum absolute atomic E-state index is 12.0. The molecule has 0 unspecified atom stereocenters. The molecule has 1 aromatic heterocycles. The molecule has 1 heterocycles. The minimum Gasteiger partial charge on any atom is -0.489 e. The van der Waals surface area contributed by atoms with E-state index >= 15 is 0 Å². The number of nitrogens with one attached hydrogen (secondary N) is 1. The number of pyridine rings is 1. The van der Waals surface area contributed by atoms with Crippen molar-refractivity contribution in [3.05, 3.63) is 70.8 Å². The number of halogens is 1. The summed E-state index contributed by atoms with van der Waals surface area (Å²) in [6, 6.07) is 16.9. The average Bonchev–Trinajstić information content (AvgIpc) is 2.59. The standard InChI is InChI=1S/C18H15BrN2O2/c19-15-8-6-14(7-9-15)18(22)21-11-12-23-16-5-1-3-13-4-2-10-20-17(13)16/h1-10H,11-12H2,(H,21,22). The van der Waals surface area contributed by atoms with Crippen LogP contribution < -0.4 is 10.1 Å². The Kier molecular flexibility index (Phi) is 4.88. The van der Waals surface area contributed by atoms with Gasteiger partial charge in [-0.2, -0.15) is 0 Å². The molecule has 0 spiro atoms. The quantitative estimate of drug-likeness (QED) is 0.694. The molecule has 1 N–H and O–H groups in total. The van der Waals surface area contributed by atoms with Crippen LogP contribution in [-0.2, 0) is 0 Å². The predicted molar refractivity (Wildman–Crippen MR) is 93.7 cm³/mol. The third-order valence-electron chi connectivity index (χ3n) is 3.35. The second-order valence-electron chi connectivity index (χ2n) is 4.94. The van der Waals surface area contributed by atoms with E-state index in [9.17, 15) is 4.79 Å². The molecule has 0 fully saturated rings. The van der Waals surface area contributed by atoms with Crippen molar-refractivity contribution < 1.29 is 9.53 Å². The molecule has 0 saturated carbocycles. The molecule has 0 atom stereocenters. The zero-order valence-electron chi connectivity index (χ0n) is 12.3. The summed E-state index contributed by atoms with van der Waals surface area (Å²) >= 11 is 3.35. The first-order chi connectivity index (χ1) is 11.2. The summed E-state index contributed by atoms with van der Waals surface area (Å²) < 4.78 is 6.69. The molecule has 5 heteroatoms. The van der Waals surface area contributed by atoms with Crippen LogP contribution in [0, 0.1) is 0 Å². The number of hydrogen-bond donors (Lipinski definition) is 1. The molecule has 3 aromatic rings. The van der Waals surface area contributed by atoms with Crippen molar-refractivity contribution in [3.8, 4) is 5.75 Å². The highest BCUT2D eigenvalue weighted by Gasteiger charge is 2.05. The Balaban J connectivity index is 1.55. The van der Waals surface area contributed by atoms with E-state index in [-0.39, 0.29) is 5.91 Å². The number of rotatable bonds is 5. The Morgan fingerprint density at radius 3 is 2.70 bits per heavy atom. The smallest absolute Gasteiger partial charge is 0.251 e. The maximum Gasteiger partial charge on any atom is 0.251 e. The summed E-state index contributed by atoms with van der Waals surface area (Å²) in [6.07, 6.45) is 1.74. The van der Waals surface area contributed by atoms with Crippen LogP contribution in [0.3, 0.4) is 0 Å². The van der Waals surface area contributed by atoms with E-state index in [1.165, 1.54) is 0 Å². The monoisotopic (exact) mass is 370 g/mol. The van der Waals surface area contributed by atoms with Crippen LogP contribution in [-0.4, -0.2) is 24.0 Å². The second kappa shape index (κ2) is 7.24. The number of nitrogens with zero attached hydrogens (tertiary/aromatic N) is 1. The number of para-hydroxylation sites is 1. The molecule has 2 aromatic carbocycles. The molecule has 0 aliphatic rings. The van der Waals surface area contributed by atoms with Gasteiger partial charge < -0.3 is 10.1 Å². The number of carbonyl (C=O) groups excluding carboxylic acids is 1. The van der Waals surface area contributed by atoms with E-state index in [0.29, 0.717) is 18.7 Å². The lowest BCUT2D eigenvalue weighted by molar-refractivity contribution is 0.0947. The summed E-state index contributed by atoms with van der Waals surface area (Å²) in [6.45, 7) is 0.816. The topological polar surface area (TPSA) is 51.2 Å². The first kappa shape index (κ1) is 15.5. The van der Waals surface area contributed by atoms with Crippen LogP contribution in [0.25, 0.3) is 10.9 Å². The van der Waals surface area contributed by atoms with Crippen LogP contribution in [0.15, 0.2) is 65.3 Å². The molecule has 0 aliphatic heterocycles. The molecule has 4 nitrogen and oxygen atoms in total. The molecule has 0 aliphatic carbocycles. The number of amides is 1. The Morgan fingerprint density at radius 2 is 1.87 bits per heavy atom. The van der Waals surface area contributed by atoms with Crippen LogP contribution in [0.1, 0.15) is 10.4 Å². The van der Waals surface area contributed by atoms with Crippen molar-refractivity contribution in [2.75, 3.05) is 13.2 Å². The molecule has 23 heavy (non-hydrogen) atoms. The predicted octanol–water partition coefficient (Wildman–Crippen LogP) is 3.81. The van der Waals surface area contributed by atoms with Gasteiger partial charge in [0.15, 0.2) is 0 Å². The van der Waals surface area contributed by atoms with Crippen molar-refractivity contribution in [1.82, 2.24) is 10.3 Å². The lowest BCUT2D eigenvalue weighted by atomic mass is 10.2. The largest absolute Gasteiger partial charge is 0.489 e. The number of carbonyl (C=O) groups is 1. The Bertz CT molecular complexity index is 813. The summed E-state index contributed by atoms with van der Waals surface area (Å²) in [5.74, 6) is 0.609. The average molecular weight is 371 g/mol. The van der Waals surface area contributed by atoms with Crippen molar-refractivity contribution in [2.45, 2.75) is 0 Å². The highest BCUT2D eigenvalue weighted by molar-refractivity contribution is 9.10. The normalized spacial score (nSPS) is 10.5. The summed E-state index contributed by atoms with van der Waals surface area (Å²) in [4.78, 5) is 16.3. The number of benzene rings is 2. The molecule has 1 amide bonds. The zero-order chi connectivity index (χ0) is 16.1. The van der Waals surface area contributed by atoms with Gasteiger partial charge in [-0.05, 0) is 36.4 Å². The van der Waals surface area contributed by atoms with E-state index < -0.39 is 0 Å². The van der Waals surface area contributed by atoms with Gasteiger partial charge in [0.2, 0.25) is 0 Å². The fraction of sp³-hybridized carbons (Fsp3) is 0.111. The van der Waals surface area contributed by atoms with E-state index in [4.69, 9.17) is 4.74 Å². The number of fused-ring (bicyclic) bond motifs is 1. The Hall–Kier alpha value is -2.40.